The second-order valence-corrected chi connectivity index (χ2v) is 5.22. The van der Waals surface area contributed by atoms with Gasteiger partial charge < -0.3 is 9.84 Å². The Kier molecular flexibility index (Phi) is 4.84. The van der Waals surface area contributed by atoms with Crippen LogP contribution in [0.2, 0.25) is 5.02 Å². The van der Waals surface area contributed by atoms with Crippen molar-refractivity contribution < 1.29 is 9.84 Å². The topological polar surface area (TPSA) is 29.5 Å². The third-order valence-corrected chi connectivity index (χ3v) is 3.54. The normalized spacial score (nSPS) is 19.2. The van der Waals surface area contributed by atoms with Crippen LogP contribution < -0.4 is 0 Å². The molecule has 1 atom stereocenters. The van der Waals surface area contributed by atoms with E-state index in [-0.39, 0.29) is 6.10 Å². The molecule has 3 heteroatoms. The van der Waals surface area contributed by atoms with E-state index in [9.17, 15) is 5.11 Å². The Hall–Kier alpha value is -0.570. The standard InChI is InChI=1S/C14H19ClO2/c15-13-3-1-2-12(8-13)10-14(16)9-11-4-6-17-7-5-11/h1-3,8,11,14,16H,4-7,9-10H2. The zero-order chi connectivity index (χ0) is 12.1. The Bertz CT molecular complexity index is 348. The third-order valence-electron chi connectivity index (χ3n) is 3.31. The number of aliphatic hydroxyl groups is 1. The molecule has 17 heavy (non-hydrogen) atoms. The van der Waals surface area contributed by atoms with Gasteiger partial charge in [0.05, 0.1) is 6.10 Å². The maximum absolute atomic E-state index is 10.1. The molecule has 0 radical (unpaired) electrons. The fraction of sp³-hybridized carbons (Fsp3) is 0.571. The predicted octanol–water partition coefficient (Wildman–Crippen LogP) is 3.06. The Balaban J connectivity index is 1.82. The minimum Gasteiger partial charge on any atom is -0.393 e. The number of hydrogen-bond acceptors (Lipinski definition) is 2. The van der Waals surface area contributed by atoms with Crippen LogP contribution in [0.1, 0.15) is 24.8 Å². The first-order chi connectivity index (χ1) is 8.24. The highest BCUT2D eigenvalue weighted by atomic mass is 35.5. The van der Waals surface area contributed by atoms with Gasteiger partial charge in [-0.1, -0.05) is 23.7 Å². The van der Waals surface area contributed by atoms with E-state index in [0.29, 0.717) is 12.3 Å². The summed E-state index contributed by atoms with van der Waals surface area (Å²) in [7, 11) is 0. The summed E-state index contributed by atoms with van der Waals surface area (Å²) in [5, 5.41) is 10.8. The van der Waals surface area contributed by atoms with Gasteiger partial charge in [0, 0.05) is 18.2 Å². The van der Waals surface area contributed by atoms with Crippen LogP contribution in [0, 0.1) is 5.92 Å². The van der Waals surface area contributed by atoms with Crippen molar-refractivity contribution in [1.29, 1.82) is 0 Å². The molecule has 0 aromatic heterocycles. The fourth-order valence-corrected chi connectivity index (χ4v) is 2.60. The number of benzene rings is 1. The van der Waals surface area contributed by atoms with Crippen molar-refractivity contribution in [3.8, 4) is 0 Å². The predicted molar refractivity (Wildman–Crippen MR) is 69.3 cm³/mol. The average molecular weight is 255 g/mol. The number of hydrogen-bond donors (Lipinski definition) is 1. The van der Waals surface area contributed by atoms with E-state index in [0.717, 1.165) is 43.1 Å². The lowest BCUT2D eigenvalue weighted by Gasteiger charge is -2.24. The average Bonchev–Trinajstić information content (AvgIpc) is 2.30. The highest BCUT2D eigenvalue weighted by molar-refractivity contribution is 6.30. The lowest BCUT2D eigenvalue weighted by Crippen LogP contribution is -2.22. The van der Waals surface area contributed by atoms with Gasteiger partial charge >= 0.3 is 0 Å². The zero-order valence-electron chi connectivity index (χ0n) is 9.94. The first-order valence-corrected chi connectivity index (χ1v) is 6.62. The van der Waals surface area contributed by atoms with Crippen molar-refractivity contribution in [2.24, 2.45) is 5.92 Å². The van der Waals surface area contributed by atoms with Crippen molar-refractivity contribution in [2.45, 2.75) is 31.8 Å². The molecule has 0 aliphatic carbocycles. The van der Waals surface area contributed by atoms with Crippen LogP contribution in [0.5, 0.6) is 0 Å². The highest BCUT2D eigenvalue weighted by Gasteiger charge is 2.18. The molecule has 1 aromatic rings. The molecule has 2 nitrogen and oxygen atoms in total. The van der Waals surface area contributed by atoms with E-state index < -0.39 is 0 Å². The zero-order valence-corrected chi connectivity index (χ0v) is 10.7. The SMILES string of the molecule is OC(Cc1cccc(Cl)c1)CC1CCOCC1. The van der Waals surface area contributed by atoms with E-state index in [1.54, 1.807) is 0 Å². The van der Waals surface area contributed by atoms with Crippen molar-refractivity contribution in [2.75, 3.05) is 13.2 Å². The maximum atomic E-state index is 10.1. The number of rotatable bonds is 4. The van der Waals surface area contributed by atoms with Gasteiger partial charge in [-0.25, -0.2) is 0 Å². The summed E-state index contributed by atoms with van der Waals surface area (Å²) in [4.78, 5) is 0. The molecule has 1 aliphatic rings. The molecular formula is C14H19ClO2. The molecule has 1 aliphatic heterocycles. The van der Waals surface area contributed by atoms with E-state index in [1.165, 1.54) is 0 Å². The summed E-state index contributed by atoms with van der Waals surface area (Å²) in [6, 6.07) is 7.72. The quantitative estimate of drug-likeness (QED) is 0.895. The first kappa shape index (κ1) is 12.9. The van der Waals surface area contributed by atoms with Crippen molar-refractivity contribution in [3.63, 3.8) is 0 Å². The van der Waals surface area contributed by atoms with Gasteiger partial charge in [0.1, 0.15) is 0 Å². The minimum atomic E-state index is -0.267. The van der Waals surface area contributed by atoms with E-state index in [1.807, 2.05) is 24.3 Å². The Labute approximate surface area is 108 Å². The molecule has 0 saturated carbocycles. The van der Waals surface area contributed by atoms with Crippen molar-refractivity contribution >= 4 is 11.6 Å². The van der Waals surface area contributed by atoms with Gasteiger partial charge in [0.25, 0.3) is 0 Å². The number of aliphatic hydroxyl groups excluding tert-OH is 1. The summed E-state index contributed by atoms with van der Waals surface area (Å²) in [5.74, 6) is 0.609. The van der Waals surface area contributed by atoms with Crippen LogP contribution in [0.25, 0.3) is 0 Å². The fourth-order valence-electron chi connectivity index (χ4n) is 2.39. The lowest BCUT2D eigenvalue weighted by atomic mass is 9.91. The molecule has 1 unspecified atom stereocenters. The largest absolute Gasteiger partial charge is 0.393 e. The molecule has 1 fully saturated rings. The molecule has 0 bridgehead atoms. The minimum absolute atomic E-state index is 0.267. The van der Waals surface area contributed by atoms with E-state index >= 15 is 0 Å². The Morgan fingerprint density at radius 3 is 2.82 bits per heavy atom. The van der Waals surface area contributed by atoms with Gasteiger partial charge in [-0.2, -0.15) is 0 Å². The monoisotopic (exact) mass is 254 g/mol. The van der Waals surface area contributed by atoms with Crippen molar-refractivity contribution in [1.82, 2.24) is 0 Å². The van der Waals surface area contributed by atoms with Crippen LogP contribution in [-0.4, -0.2) is 24.4 Å². The summed E-state index contributed by atoms with van der Waals surface area (Å²) in [6.45, 7) is 1.68. The van der Waals surface area contributed by atoms with Gasteiger partial charge in [-0.15, -0.1) is 0 Å². The van der Waals surface area contributed by atoms with Gasteiger partial charge in [-0.05, 0) is 49.3 Å². The van der Waals surface area contributed by atoms with Crippen LogP contribution >= 0.6 is 11.6 Å². The molecule has 1 saturated heterocycles. The van der Waals surface area contributed by atoms with Crippen molar-refractivity contribution in [3.05, 3.63) is 34.9 Å². The van der Waals surface area contributed by atoms with E-state index in [4.69, 9.17) is 16.3 Å². The smallest absolute Gasteiger partial charge is 0.0583 e. The molecule has 94 valence electrons. The maximum Gasteiger partial charge on any atom is 0.0583 e. The van der Waals surface area contributed by atoms with Crippen LogP contribution in [0.3, 0.4) is 0 Å². The summed E-state index contributed by atoms with van der Waals surface area (Å²) in [6.07, 6.45) is 3.45. The number of ether oxygens (including phenoxy) is 1. The molecule has 1 aromatic carbocycles. The highest BCUT2D eigenvalue weighted by Crippen LogP contribution is 2.22. The van der Waals surface area contributed by atoms with Crippen LogP contribution in [-0.2, 0) is 11.2 Å². The second kappa shape index (κ2) is 6.39. The van der Waals surface area contributed by atoms with Crippen LogP contribution in [0.15, 0.2) is 24.3 Å². The summed E-state index contributed by atoms with van der Waals surface area (Å²) < 4.78 is 5.32. The Morgan fingerprint density at radius 1 is 1.35 bits per heavy atom. The number of halogens is 1. The summed E-state index contributed by atoms with van der Waals surface area (Å²) >= 11 is 5.92. The second-order valence-electron chi connectivity index (χ2n) is 4.78. The first-order valence-electron chi connectivity index (χ1n) is 6.24. The Morgan fingerprint density at radius 2 is 2.12 bits per heavy atom. The molecule has 0 spiro atoms. The summed E-state index contributed by atoms with van der Waals surface area (Å²) in [5.41, 5.74) is 1.11. The van der Waals surface area contributed by atoms with Gasteiger partial charge in [0.15, 0.2) is 0 Å². The molecular weight excluding hydrogens is 236 g/mol. The van der Waals surface area contributed by atoms with Crippen LogP contribution in [0.4, 0.5) is 0 Å². The molecule has 0 amide bonds. The van der Waals surface area contributed by atoms with E-state index in [2.05, 4.69) is 0 Å². The van der Waals surface area contributed by atoms with Gasteiger partial charge in [-0.3, -0.25) is 0 Å². The third kappa shape index (κ3) is 4.30. The van der Waals surface area contributed by atoms with Gasteiger partial charge in [0.2, 0.25) is 0 Å². The lowest BCUT2D eigenvalue weighted by molar-refractivity contribution is 0.0439. The molecule has 2 rings (SSSR count). The molecule has 1 heterocycles. The molecule has 1 N–H and O–H groups in total.